The number of fused-ring (bicyclic) bond motifs is 1. The number of nitrogens with zero attached hydrogens (tertiary/aromatic N) is 1. The molecule has 0 bridgehead atoms. The molecule has 4 atom stereocenters. The van der Waals surface area contributed by atoms with E-state index in [1.807, 2.05) is 48.2 Å². The second kappa shape index (κ2) is 15.5. The quantitative estimate of drug-likeness (QED) is 0.186. The number of methoxy groups -OCH3 is 1. The number of hydrogen-bond acceptors (Lipinski definition) is 4. The first-order valence-electron chi connectivity index (χ1n) is 17.3. The number of ether oxygens (including phenoxy) is 2. The summed E-state index contributed by atoms with van der Waals surface area (Å²) in [4.78, 5) is 29.2. The Bertz CT molecular complexity index is 1480. The minimum Gasteiger partial charge on any atom is -0.493 e. The van der Waals surface area contributed by atoms with E-state index in [9.17, 15) is 9.59 Å². The van der Waals surface area contributed by atoms with E-state index < -0.39 is 0 Å². The highest BCUT2D eigenvalue weighted by Gasteiger charge is 2.36. The minimum atomic E-state index is -0.358. The van der Waals surface area contributed by atoms with Gasteiger partial charge in [0.25, 0.3) is 0 Å². The summed E-state index contributed by atoms with van der Waals surface area (Å²) in [6, 6.07) is 19.8. The maximum atomic E-state index is 14.0. The number of ketones is 1. The van der Waals surface area contributed by atoms with Crippen molar-refractivity contribution in [2.45, 2.75) is 110 Å². The molecule has 0 N–H and O–H groups in total. The van der Waals surface area contributed by atoms with Crippen LogP contribution >= 0.6 is 11.6 Å². The highest BCUT2D eigenvalue weighted by atomic mass is 35.5. The lowest BCUT2D eigenvalue weighted by molar-refractivity contribution is -0.125. The van der Waals surface area contributed by atoms with Crippen molar-refractivity contribution in [1.29, 1.82) is 0 Å². The summed E-state index contributed by atoms with van der Waals surface area (Å²) in [7, 11) is 1.64. The van der Waals surface area contributed by atoms with Crippen molar-refractivity contribution in [1.82, 2.24) is 0 Å². The summed E-state index contributed by atoms with van der Waals surface area (Å²) in [5, 5.41) is 0.648. The predicted molar refractivity (Wildman–Crippen MR) is 187 cm³/mol. The maximum Gasteiger partial charge on any atom is 0.232 e. The molecular weight excluding hydrogens is 594 g/mol. The van der Waals surface area contributed by atoms with E-state index in [0.717, 1.165) is 54.5 Å². The van der Waals surface area contributed by atoms with Crippen LogP contribution in [-0.4, -0.2) is 24.9 Å². The Hall–Kier alpha value is -3.31. The summed E-state index contributed by atoms with van der Waals surface area (Å²) >= 11 is 6.30. The fourth-order valence-corrected chi connectivity index (χ4v) is 7.46. The topological polar surface area (TPSA) is 55.8 Å². The molecular formula is C40H50ClNO4. The molecule has 5 rings (SSSR count). The smallest absolute Gasteiger partial charge is 0.232 e. The molecule has 0 spiro atoms. The Morgan fingerprint density at radius 1 is 0.957 bits per heavy atom. The summed E-state index contributed by atoms with van der Waals surface area (Å²) in [6.45, 7) is 8.61. The molecule has 1 saturated carbocycles. The summed E-state index contributed by atoms with van der Waals surface area (Å²) in [6.07, 6.45) is 9.64. The fourth-order valence-electron chi connectivity index (χ4n) is 7.33. The minimum absolute atomic E-state index is 0.0197. The van der Waals surface area contributed by atoms with Crippen LogP contribution in [0.1, 0.15) is 120 Å². The van der Waals surface area contributed by atoms with Crippen LogP contribution in [0.4, 0.5) is 5.69 Å². The number of halogens is 1. The van der Waals surface area contributed by atoms with Gasteiger partial charge in [0.15, 0.2) is 11.5 Å². The SMILES string of the molecule is CCCC(CC(=O)C1CCCCC1)C(C)c1ccc(N2C(=O)Cc3cc(OC)c(OC(C)CC)cc3C2c2ccc(Cl)cc2)cc1. The molecule has 3 aromatic carbocycles. The monoisotopic (exact) mass is 643 g/mol. The zero-order valence-corrected chi connectivity index (χ0v) is 28.9. The van der Waals surface area contributed by atoms with E-state index in [-0.39, 0.29) is 36.3 Å². The lowest BCUT2D eigenvalue weighted by Gasteiger charge is -2.38. The molecule has 1 heterocycles. The standard InChI is InChI=1S/C40H50ClNO4/c1-6-11-31(22-36(43)29-12-9-8-10-13-29)27(4)28-16-20-34(21-17-28)42-39(44)24-32-23-37(45-5)38(46-26(3)7-2)25-35(32)40(42)30-14-18-33(41)19-15-30/h14-21,23,25-27,29,31,40H,6-13,22,24H2,1-5H3. The van der Waals surface area contributed by atoms with Gasteiger partial charge < -0.3 is 14.4 Å². The number of Topliss-reactive ketones (excluding diaryl/α,β-unsaturated/α-hetero) is 1. The Kier molecular flexibility index (Phi) is 11.5. The second-order valence-electron chi connectivity index (χ2n) is 13.4. The second-order valence-corrected chi connectivity index (χ2v) is 13.8. The highest BCUT2D eigenvalue weighted by molar-refractivity contribution is 6.30. The number of amides is 1. The van der Waals surface area contributed by atoms with Gasteiger partial charge in [0, 0.05) is 23.0 Å². The molecule has 5 nitrogen and oxygen atoms in total. The summed E-state index contributed by atoms with van der Waals surface area (Å²) in [5.74, 6) is 2.60. The summed E-state index contributed by atoms with van der Waals surface area (Å²) < 4.78 is 12.0. The van der Waals surface area contributed by atoms with Gasteiger partial charge in [-0.25, -0.2) is 0 Å². The average molecular weight is 644 g/mol. The Labute approximate surface area is 280 Å². The number of rotatable bonds is 13. The van der Waals surface area contributed by atoms with Gasteiger partial charge in [0.2, 0.25) is 5.91 Å². The molecule has 2 aliphatic rings. The molecule has 6 heteroatoms. The van der Waals surface area contributed by atoms with Gasteiger partial charge in [-0.15, -0.1) is 0 Å². The normalized spacial score (nSPS) is 18.9. The Morgan fingerprint density at radius 2 is 1.65 bits per heavy atom. The third kappa shape index (κ3) is 7.62. The number of benzene rings is 3. The van der Waals surface area contributed by atoms with Crippen LogP contribution < -0.4 is 14.4 Å². The van der Waals surface area contributed by atoms with Crippen LogP contribution in [0.3, 0.4) is 0 Å². The molecule has 1 aliphatic heterocycles. The van der Waals surface area contributed by atoms with E-state index in [2.05, 4.69) is 45.0 Å². The molecule has 4 unspecified atom stereocenters. The first-order valence-corrected chi connectivity index (χ1v) is 17.7. The largest absolute Gasteiger partial charge is 0.493 e. The van der Waals surface area contributed by atoms with Crippen molar-refractivity contribution >= 4 is 29.0 Å². The van der Waals surface area contributed by atoms with Gasteiger partial charge in [-0.1, -0.05) is 82.3 Å². The molecule has 1 fully saturated rings. The molecule has 0 radical (unpaired) electrons. The van der Waals surface area contributed by atoms with Crippen LogP contribution in [0.15, 0.2) is 60.7 Å². The maximum absolute atomic E-state index is 14.0. The van der Waals surface area contributed by atoms with Crippen LogP contribution in [-0.2, 0) is 16.0 Å². The number of anilines is 1. The van der Waals surface area contributed by atoms with E-state index in [1.165, 1.54) is 24.8 Å². The van der Waals surface area contributed by atoms with Crippen molar-refractivity contribution in [3.63, 3.8) is 0 Å². The number of carbonyl (C=O) groups is 2. The number of carbonyl (C=O) groups excluding carboxylic acids is 2. The van der Waals surface area contributed by atoms with Crippen LogP contribution in [0.25, 0.3) is 0 Å². The van der Waals surface area contributed by atoms with Crippen molar-refractivity contribution in [3.8, 4) is 11.5 Å². The van der Waals surface area contributed by atoms with Gasteiger partial charge in [0.1, 0.15) is 5.78 Å². The van der Waals surface area contributed by atoms with E-state index >= 15 is 0 Å². The van der Waals surface area contributed by atoms with Crippen molar-refractivity contribution in [2.24, 2.45) is 11.8 Å². The first kappa shape index (κ1) is 34.0. The van der Waals surface area contributed by atoms with Gasteiger partial charge in [0.05, 0.1) is 25.7 Å². The third-order valence-corrected chi connectivity index (χ3v) is 10.5. The van der Waals surface area contributed by atoms with Crippen LogP contribution in [0.5, 0.6) is 11.5 Å². The van der Waals surface area contributed by atoms with Crippen LogP contribution in [0.2, 0.25) is 5.02 Å². The van der Waals surface area contributed by atoms with Gasteiger partial charge in [-0.05, 0) is 103 Å². The van der Waals surface area contributed by atoms with Crippen molar-refractivity contribution < 1.29 is 19.1 Å². The molecule has 0 aromatic heterocycles. The fraction of sp³-hybridized carbons (Fsp3) is 0.500. The van der Waals surface area contributed by atoms with E-state index in [0.29, 0.717) is 34.6 Å². The molecule has 246 valence electrons. The molecule has 0 saturated heterocycles. The van der Waals surface area contributed by atoms with Gasteiger partial charge >= 0.3 is 0 Å². The Morgan fingerprint density at radius 3 is 2.28 bits per heavy atom. The van der Waals surface area contributed by atoms with Gasteiger partial charge in [-0.3, -0.25) is 9.59 Å². The summed E-state index contributed by atoms with van der Waals surface area (Å²) in [5.41, 5.74) is 4.98. The van der Waals surface area contributed by atoms with Crippen molar-refractivity contribution in [3.05, 3.63) is 87.9 Å². The van der Waals surface area contributed by atoms with E-state index in [4.69, 9.17) is 21.1 Å². The predicted octanol–water partition coefficient (Wildman–Crippen LogP) is 10.3. The van der Waals surface area contributed by atoms with Gasteiger partial charge in [-0.2, -0.15) is 0 Å². The zero-order valence-electron chi connectivity index (χ0n) is 28.2. The zero-order chi connectivity index (χ0) is 32.8. The first-order chi connectivity index (χ1) is 22.2. The lowest BCUT2D eigenvalue weighted by Crippen LogP contribution is -2.41. The number of hydrogen-bond donors (Lipinski definition) is 0. The molecule has 46 heavy (non-hydrogen) atoms. The third-order valence-electron chi connectivity index (χ3n) is 10.3. The average Bonchev–Trinajstić information content (AvgIpc) is 3.08. The highest BCUT2D eigenvalue weighted by Crippen LogP contribution is 2.44. The molecule has 1 amide bonds. The van der Waals surface area contributed by atoms with Crippen molar-refractivity contribution in [2.75, 3.05) is 12.0 Å². The molecule has 1 aliphatic carbocycles. The van der Waals surface area contributed by atoms with E-state index in [1.54, 1.807) is 7.11 Å². The Balaban J connectivity index is 1.47. The van der Waals surface area contributed by atoms with Crippen LogP contribution in [0, 0.1) is 11.8 Å². The molecule has 3 aromatic rings. The lowest BCUT2D eigenvalue weighted by atomic mass is 9.77.